The molecule has 2 heterocycles. The first kappa shape index (κ1) is 5.46. The highest BCUT2D eigenvalue weighted by molar-refractivity contribution is 5.92. The van der Waals surface area contributed by atoms with Gasteiger partial charge >= 0.3 is 0 Å². The van der Waals surface area contributed by atoms with Crippen molar-refractivity contribution in [3.63, 3.8) is 0 Å². The zero-order chi connectivity index (χ0) is 6.97. The van der Waals surface area contributed by atoms with E-state index >= 15 is 0 Å². The molecule has 0 radical (unpaired) electrons. The number of rotatable bonds is 0. The molecule has 0 saturated carbocycles. The topological polar surface area (TPSA) is 55.1 Å². The normalized spacial score (nSPS) is 16.2. The van der Waals surface area contributed by atoms with Crippen LogP contribution >= 0.6 is 0 Å². The van der Waals surface area contributed by atoms with E-state index in [2.05, 4.69) is 10.5 Å². The Labute approximate surface area is 57.2 Å². The van der Waals surface area contributed by atoms with Crippen molar-refractivity contribution in [1.82, 2.24) is 5.16 Å². The van der Waals surface area contributed by atoms with Crippen molar-refractivity contribution >= 4 is 11.8 Å². The number of nitrogens with one attached hydrogen (secondary N) is 1. The van der Waals surface area contributed by atoms with Crippen LogP contribution in [0.3, 0.4) is 0 Å². The van der Waals surface area contributed by atoms with Gasteiger partial charge in [-0.15, -0.1) is 0 Å². The Hall–Kier alpha value is -1.32. The number of carbonyl (C=O) groups is 1. The van der Waals surface area contributed by atoms with Crippen molar-refractivity contribution in [2.45, 2.75) is 12.8 Å². The highest BCUT2D eigenvalue weighted by Gasteiger charge is 2.17. The summed E-state index contributed by atoms with van der Waals surface area (Å²) in [6.45, 7) is 0. The van der Waals surface area contributed by atoms with Crippen LogP contribution in [0.5, 0.6) is 0 Å². The summed E-state index contributed by atoms with van der Waals surface area (Å²) in [5.74, 6) is 0.514. The van der Waals surface area contributed by atoms with Crippen molar-refractivity contribution < 1.29 is 9.32 Å². The predicted octanol–water partition coefficient (Wildman–Crippen LogP) is 0.559. The minimum Gasteiger partial charge on any atom is -0.338 e. The minimum absolute atomic E-state index is 0.00394. The molecule has 0 spiro atoms. The van der Waals surface area contributed by atoms with E-state index in [0.717, 1.165) is 12.0 Å². The number of hydrogen-bond acceptors (Lipinski definition) is 3. The molecule has 1 aliphatic heterocycles. The van der Waals surface area contributed by atoms with Crippen LogP contribution in [0.25, 0.3) is 0 Å². The molecule has 0 aromatic carbocycles. The molecule has 1 aromatic heterocycles. The van der Waals surface area contributed by atoms with Crippen molar-refractivity contribution in [2.75, 3.05) is 5.32 Å². The number of aromatic nitrogens is 1. The van der Waals surface area contributed by atoms with Crippen LogP contribution in [0.15, 0.2) is 10.7 Å². The summed E-state index contributed by atoms with van der Waals surface area (Å²) in [4.78, 5) is 10.7. The Balaban J connectivity index is 2.39. The molecule has 0 saturated heterocycles. The fraction of sp³-hybridized carbons (Fsp3) is 0.333. The molecule has 0 bridgehead atoms. The van der Waals surface area contributed by atoms with Crippen LogP contribution in [0.4, 0.5) is 5.88 Å². The van der Waals surface area contributed by atoms with Gasteiger partial charge < -0.3 is 4.52 Å². The summed E-state index contributed by atoms with van der Waals surface area (Å²) in [6.07, 6.45) is 2.91. The number of nitrogens with zero attached hydrogens (tertiary/aromatic N) is 1. The zero-order valence-electron chi connectivity index (χ0n) is 5.26. The Morgan fingerprint density at radius 3 is 3.40 bits per heavy atom. The lowest BCUT2D eigenvalue weighted by Crippen LogP contribution is -2.17. The third-order valence-corrected chi connectivity index (χ3v) is 1.52. The highest BCUT2D eigenvalue weighted by atomic mass is 16.5. The third-order valence-electron chi connectivity index (χ3n) is 1.52. The molecule has 0 aliphatic carbocycles. The number of hydrogen-bond donors (Lipinski definition) is 1. The van der Waals surface area contributed by atoms with Gasteiger partial charge in [-0.2, -0.15) is 0 Å². The van der Waals surface area contributed by atoms with Gasteiger partial charge in [-0.05, 0) is 6.42 Å². The van der Waals surface area contributed by atoms with Gasteiger partial charge in [0.2, 0.25) is 11.8 Å². The quantitative estimate of drug-likeness (QED) is 0.569. The van der Waals surface area contributed by atoms with E-state index in [1.165, 1.54) is 0 Å². The molecule has 1 aliphatic rings. The highest BCUT2D eigenvalue weighted by Crippen LogP contribution is 2.20. The van der Waals surface area contributed by atoms with Gasteiger partial charge in [0.05, 0.1) is 6.20 Å². The predicted molar refractivity (Wildman–Crippen MR) is 33.5 cm³/mol. The summed E-state index contributed by atoms with van der Waals surface area (Å²) < 4.78 is 4.74. The first-order valence-electron chi connectivity index (χ1n) is 3.09. The Morgan fingerprint density at radius 1 is 1.60 bits per heavy atom. The number of fused-ring (bicyclic) bond motifs is 1. The molecule has 4 heteroatoms. The molecule has 1 N–H and O–H groups in total. The SMILES string of the molecule is O=C1CCc2cnoc2N1. The fourth-order valence-corrected chi connectivity index (χ4v) is 0.978. The second-order valence-corrected chi connectivity index (χ2v) is 2.23. The fourth-order valence-electron chi connectivity index (χ4n) is 0.978. The summed E-state index contributed by atoms with van der Waals surface area (Å²) in [5.41, 5.74) is 0.986. The molecule has 0 fully saturated rings. The van der Waals surface area contributed by atoms with E-state index < -0.39 is 0 Å². The monoisotopic (exact) mass is 138 g/mol. The average Bonchev–Trinajstić information content (AvgIpc) is 2.33. The lowest BCUT2D eigenvalue weighted by atomic mass is 10.1. The molecular weight excluding hydrogens is 132 g/mol. The van der Waals surface area contributed by atoms with Crippen molar-refractivity contribution in [1.29, 1.82) is 0 Å². The van der Waals surface area contributed by atoms with Gasteiger partial charge in [0.1, 0.15) is 0 Å². The van der Waals surface area contributed by atoms with Crippen LogP contribution in [0.1, 0.15) is 12.0 Å². The minimum atomic E-state index is 0.00394. The van der Waals surface area contributed by atoms with Crippen LogP contribution in [0, 0.1) is 0 Å². The molecule has 2 rings (SSSR count). The van der Waals surface area contributed by atoms with Gasteiger partial charge in [-0.25, -0.2) is 0 Å². The Morgan fingerprint density at radius 2 is 2.50 bits per heavy atom. The van der Waals surface area contributed by atoms with E-state index in [0.29, 0.717) is 12.3 Å². The summed E-state index contributed by atoms with van der Waals surface area (Å²) in [7, 11) is 0. The smallest absolute Gasteiger partial charge is 0.234 e. The molecule has 1 aromatic rings. The molecule has 0 atom stereocenters. The van der Waals surface area contributed by atoms with E-state index in [4.69, 9.17) is 4.52 Å². The van der Waals surface area contributed by atoms with Gasteiger partial charge in [0.15, 0.2) is 0 Å². The van der Waals surface area contributed by atoms with E-state index in [-0.39, 0.29) is 5.91 Å². The van der Waals surface area contributed by atoms with Crippen molar-refractivity contribution in [3.05, 3.63) is 11.8 Å². The summed E-state index contributed by atoms with van der Waals surface area (Å²) in [6, 6.07) is 0. The lowest BCUT2D eigenvalue weighted by molar-refractivity contribution is -0.116. The zero-order valence-corrected chi connectivity index (χ0v) is 5.26. The number of carbonyl (C=O) groups excluding carboxylic acids is 1. The van der Waals surface area contributed by atoms with Crippen molar-refractivity contribution in [3.8, 4) is 0 Å². The summed E-state index contributed by atoms with van der Waals surface area (Å²) >= 11 is 0. The number of aryl methyl sites for hydroxylation is 1. The standard InChI is InChI=1S/C6H6N2O2/c9-5-2-1-4-3-7-10-6(4)8-5/h3H,1-2H2,(H,8,9). The molecule has 1 amide bonds. The number of anilines is 1. The Bertz CT molecular complexity index is 266. The van der Waals surface area contributed by atoms with Crippen LogP contribution in [-0.4, -0.2) is 11.1 Å². The lowest BCUT2D eigenvalue weighted by Gasteiger charge is -2.07. The van der Waals surface area contributed by atoms with E-state index in [1.807, 2.05) is 0 Å². The van der Waals surface area contributed by atoms with E-state index in [9.17, 15) is 4.79 Å². The van der Waals surface area contributed by atoms with E-state index in [1.54, 1.807) is 6.20 Å². The second kappa shape index (κ2) is 1.83. The van der Waals surface area contributed by atoms with Gasteiger partial charge in [0, 0.05) is 12.0 Å². The second-order valence-electron chi connectivity index (χ2n) is 2.23. The van der Waals surface area contributed by atoms with Gasteiger partial charge in [0.25, 0.3) is 0 Å². The van der Waals surface area contributed by atoms with Crippen LogP contribution < -0.4 is 5.32 Å². The number of amides is 1. The van der Waals surface area contributed by atoms with Crippen LogP contribution in [0.2, 0.25) is 0 Å². The summed E-state index contributed by atoms with van der Waals surface area (Å²) in [5, 5.41) is 6.12. The maximum atomic E-state index is 10.7. The maximum absolute atomic E-state index is 10.7. The average molecular weight is 138 g/mol. The molecule has 4 nitrogen and oxygen atoms in total. The molecule has 0 unspecified atom stereocenters. The van der Waals surface area contributed by atoms with Gasteiger partial charge in [-0.1, -0.05) is 5.16 Å². The molecule has 10 heavy (non-hydrogen) atoms. The van der Waals surface area contributed by atoms with Gasteiger partial charge in [-0.3, -0.25) is 10.1 Å². The molecular formula is C6H6N2O2. The third kappa shape index (κ3) is 0.689. The van der Waals surface area contributed by atoms with Crippen LogP contribution in [-0.2, 0) is 11.2 Å². The Kier molecular flexibility index (Phi) is 1.00. The maximum Gasteiger partial charge on any atom is 0.234 e. The first-order valence-corrected chi connectivity index (χ1v) is 3.09. The molecule has 52 valence electrons. The largest absolute Gasteiger partial charge is 0.338 e. The first-order chi connectivity index (χ1) is 4.86. The van der Waals surface area contributed by atoms with Crippen molar-refractivity contribution in [2.24, 2.45) is 0 Å².